The van der Waals surface area contributed by atoms with Crippen LogP contribution in [0.4, 0.5) is 0 Å². The summed E-state index contributed by atoms with van der Waals surface area (Å²) >= 11 is 0. The van der Waals surface area contributed by atoms with Gasteiger partial charge in [0.25, 0.3) is 5.56 Å². The molecule has 1 heterocycles. The molecule has 0 atom stereocenters. The van der Waals surface area contributed by atoms with Crippen molar-refractivity contribution in [2.75, 3.05) is 6.61 Å². The fraction of sp³-hybridized carbons (Fsp3) is 0.417. The first-order valence-electron chi connectivity index (χ1n) is 5.78. The van der Waals surface area contributed by atoms with Crippen molar-refractivity contribution in [2.24, 2.45) is 0 Å². The first kappa shape index (κ1) is 14.7. The molecule has 0 aromatic carbocycles. The summed E-state index contributed by atoms with van der Waals surface area (Å²) in [7, 11) is 0. The van der Waals surface area contributed by atoms with Gasteiger partial charge in [-0.25, -0.2) is 4.79 Å². The fourth-order valence-corrected chi connectivity index (χ4v) is 1.61. The number of aromatic carboxylic acids is 1. The van der Waals surface area contributed by atoms with E-state index in [1.807, 2.05) is 0 Å². The summed E-state index contributed by atoms with van der Waals surface area (Å²) in [5, 5.41) is 18.1. The predicted octanol–water partition coefficient (Wildman–Crippen LogP) is 0.595. The molecule has 0 fully saturated rings. The number of nitrogens with zero attached hydrogens (tertiary/aromatic N) is 1. The maximum atomic E-state index is 11.6. The molecule has 0 saturated carbocycles. The standard InChI is InChI=1S/C12H15NO6/c1-2-19-11(16)4-3-5-13-9(12(17)18)6-8(14)7-10(13)15/h6-7,14H,2-5H2,1H3,(H,17,18). The number of carboxylic acid groups (broad SMARTS) is 1. The van der Waals surface area contributed by atoms with Crippen LogP contribution in [0, 0.1) is 0 Å². The van der Waals surface area contributed by atoms with E-state index >= 15 is 0 Å². The largest absolute Gasteiger partial charge is 0.508 e. The van der Waals surface area contributed by atoms with Gasteiger partial charge in [0.05, 0.1) is 6.61 Å². The number of carbonyl (C=O) groups excluding carboxylic acids is 1. The predicted molar refractivity (Wildman–Crippen MR) is 65.2 cm³/mol. The van der Waals surface area contributed by atoms with Crippen molar-refractivity contribution in [1.29, 1.82) is 0 Å². The molecule has 0 unspecified atom stereocenters. The van der Waals surface area contributed by atoms with E-state index in [0.717, 1.165) is 16.7 Å². The van der Waals surface area contributed by atoms with Crippen molar-refractivity contribution in [3.63, 3.8) is 0 Å². The maximum absolute atomic E-state index is 11.6. The van der Waals surface area contributed by atoms with Gasteiger partial charge >= 0.3 is 11.9 Å². The van der Waals surface area contributed by atoms with E-state index in [9.17, 15) is 19.5 Å². The molecular weight excluding hydrogens is 254 g/mol. The molecule has 19 heavy (non-hydrogen) atoms. The first-order valence-corrected chi connectivity index (χ1v) is 5.78. The average Bonchev–Trinajstić information content (AvgIpc) is 2.31. The van der Waals surface area contributed by atoms with Crippen molar-refractivity contribution >= 4 is 11.9 Å². The Balaban J connectivity index is 2.81. The van der Waals surface area contributed by atoms with Crippen LogP contribution in [-0.4, -0.2) is 33.3 Å². The van der Waals surface area contributed by atoms with Crippen LogP contribution in [-0.2, 0) is 16.1 Å². The average molecular weight is 269 g/mol. The lowest BCUT2D eigenvalue weighted by Gasteiger charge is -2.09. The van der Waals surface area contributed by atoms with Gasteiger partial charge in [0.15, 0.2) is 0 Å². The number of carboxylic acids is 1. The topological polar surface area (TPSA) is 106 Å². The maximum Gasteiger partial charge on any atom is 0.352 e. The third-order valence-electron chi connectivity index (χ3n) is 2.40. The quantitative estimate of drug-likeness (QED) is 0.732. The smallest absolute Gasteiger partial charge is 0.352 e. The Kier molecular flexibility index (Phi) is 5.11. The van der Waals surface area contributed by atoms with Crippen molar-refractivity contribution in [3.05, 3.63) is 28.2 Å². The highest BCUT2D eigenvalue weighted by atomic mass is 16.5. The number of pyridine rings is 1. The molecule has 7 heteroatoms. The number of rotatable bonds is 6. The number of aromatic nitrogens is 1. The van der Waals surface area contributed by atoms with Crippen LogP contribution in [0.15, 0.2) is 16.9 Å². The molecule has 0 aliphatic rings. The fourth-order valence-electron chi connectivity index (χ4n) is 1.61. The lowest BCUT2D eigenvalue weighted by Crippen LogP contribution is -2.25. The van der Waals surface area contributed by atoms with Crippen molar-refractivity contribution in [1.82, 2.24) is 4.57 Å². The third kappa shape index (κ3) is 4.13. The molecule has 0 aliphatic carbocycles. The summed E-state index contributed by atoms with van der Waals surface area (Å²) in [6.07, 6.45) is 0.379. The molecule has 0 amide bonds. The molecule has 2 N–H and O–H groups in total. The second kappa shape index (κ2) is 6.58. The third-order valence-corrected chi connectivity index (χ3v) is 2.40. The molecule has 0 saturated heterocycles. The summed E-state index contributed by atoms with van der Waals surface area (Å²) in [5.41, 5.74) is -0.935. The van der Waals surface area contributed by atoms with Gasteiger partial charge < -0.3 is 19.5 Å². The Morgan fingerprint density at radius 2 is 2.05 bits per heavy atom. The van der Waals surface area contributed by atoms with E-state index in [-0.39, 0.29) is 31.7 Å². The van der Waals surface area contributed by atoms with Crippen LogP contribution in [0.1, 0.15) is 30.3 Å². The lowest BCUT2D eigenvalue weighted by molar-refractivity contribution is -0.143. The van der Waals surface area contributed by atoms with Crippen LogP contribution >= 0.6 is 0 Å². The number of hydrogen-bond donors (Lipinski definition) is 2. The minimum Gasteiger partial charge on any atom is -0.508 e. The monoisotopic (exact) mass is 269 g/mol. The summed E-state index contributed by atoms with van der Waals surface area (Å²) in [5.74, 6) is -2.11. The molecule has 1 aromatic heterocycles. The van der Waals surface area contributed by atoms with Crippen LogP contribution in [0.5, 0.6) is 5.75 Å². The van der Waals surface area contributed by atoms with Crippen molar-refractivity contribution < 1.29 is 24.5 Å². The molecular formula is C12H15NO6. The van der Waals surface area contributed by atoms with Crippen molar-refractivity contribution in [2.45, 2.75) is 26.3 Å². The number of carbonyl (C=O) groups is 2. The zero-order valence-corrected chi connectivity index (χ0v) is 10.5. The van der Waals surface area contributed by atoms with E-state index in [1.54, 1.807) is 6.92 Å². The zero-order valence-electron chi connectivity index (χ0n) is 10.5. The second-order valence-corrected chi connectivity index (χ2v) is 3.80. The number of aromatic hydroxyl groups is 1. The number of hydrogen-bond acceptors (Lipinski definition) is 5. The van der Waals surface area contributed by atoms with Gasteiger partial charge in [-0.2, -0.15) is 0 Å². The SMILES string of the molecule is CCOC(=O)CCCn1c(C(=O)O)cc(O)cc1=O. The van der Waals surface area contributed by atoms with Gasteiger partial charge in [-0.1, -0.05) is 0 Å². The summed E-state index contributed by atoms with van der Waals surface area (Å²) in [4.78, 5) is 33.7. The zero-order chi connectivity index (χ0) is 14.4. The van der Waals surface area contributed by atoms with Gasteiger partial charge in [-0.05, 0) is 13.3 Å². The number of ether oxygens (including phenoxy) is 1. The van der Waals surface area contributed by atoms with Gasteiger partial charge in [-0.3, -0.25) is 9.59 Å². The Morgan fingerprint density at radius 1 is 1.37 bits per heavy atom. The number of esters is 1. The molecule has 7 nitrogen and oxygen atoms in total. The minimum absolute atomic E-state index is 0.0690. The molecule has 0 radical (unpaired) electrons. The highest BCUT2D eigenvalue weighted by Crippen LogP contribution is 2.09. The lowest BCUT2D eigenvalue weighted by atomic mass is 10.2. The van der Waals surface area contributed by atoms with E-state index in [2.05, 4.69) is 0 Å². The summed E-state index contributed by atoms with van der Waals surface area (Å²) < 4.78 is 5.73. The molecule has 0 spiro atoms. The molecule has 0 aliphatic heterocycles. The van der Waals surface area contributed by atoms with Gasteiger partial charge in [0, 0.05) is 25.1 Å². The van der Waals surface area contributed by atoms with E-state index in [4.69, 9.17) is 9.84 Å². The van der Waals surface area contributed by atoms with Crippen molar-refractivity contribution in [3.8, 4) is 5.75 Å². The van der Waals surface area contributed by atoms with Crippen LogP contribution in [0.3, 0.4) is 0 Å². The van der Waals surface area contributed by atoms with Gasteiger partial charge in [-0.15, -0.1) is 0 Å². The molecule has 0 bridgehead atoms. The highest BCUT2D eigenvalue weighted by Gasteiger charge is 2.13. The highest BCUT2D eigenvalue weighted by molar-refractivity contribution is 5.86. The second-order valence-electron chi connectivity index (χ2n) is 3.80. The van der Waals surface area contributed by atoms with E-state index < -0.39 is 23.2 Å². The summed E-state index contributed by atoms with van der Waals surface area (Å²) in [6, 6.07) is 1.92. The van der Waals surface area contributed by atoms with E-state index in [1.165, 1.54) is 0 Å². The van der Waals surface area contributed by atoms with Crippen LogP contribution in [0.2, 0.25) is 0 Å². The Morgan fingerprint density at radius 3 is 2.63 bits per heavy atom. The van der Waals surface area contributed by atoms with E-state index in [0.29, 0.717) is 0 Å². The Labute approximate surface area is 109 Å². The molecule has 1 rings (SSSR count). The molecule has 104 valence electrons. The normalized spacial score (nSPS) is 10.2. The Bertz CT molecular complexity index is 534. The van der Waals surface area contributed by atoms with Gasteiger partial charge in [0.2, 0.25) is 0 Å². The van der Waals surface area contributed by atoms with Crippen LogP contribution < -0.4 is 5.56 Å². The molecule has 1 aromatic rings. The summed E-state index contributed by atoms with van der Waals surface area (Å²) in [6.45, 7) is 2.03. The first-order chi connectivity index (χ1) is 8.95. The Hall–Kier alpha value is -2.31. The minimum atomic E-state index is -1.32. The van der Waals surface area contributed by atoms with Gasteiger partial charge in [0.1, 0.15) is 11.4 Å². The van der Waals surface area contributed by atoms with Crippen LogP contribution in [0.25, 0.3) is 0 Å².